The summed E-state index contributed by atoms with van der Waals surface area (Å²) in [5, 5.41) is 3.72. The predicted octanol–water partition coefficient (Wildman–Crippen LogP) is 5.53. The van der Waals surface area contributed by atoms with Gasteiger partial charge in [-0.15, -0.1) is 0 Å². The molecule has 2 saturated carbocycles. The van der Waals surface area contributed by atoms with Crippen molar-refractivity contribution in [3.63, 3.8) is 0 Å². The van der Waals surface area contributed by atoms with E-state index in [0.29, 0.717) is 21.2 Å². The Labute approximate surface area is 178 Å². The first kappa shape index (κ1) is 19.5. The van der Waals surface area contributed by atoms with Gasteiger partial charge in [-0.05, 0) is 47.5 Å². The van der Waals surface area contributed by atoms with Gasteiger partial charge in [0.1, 0.15) is 22.4 Å². The van der Waals surface area contributed by atoms with Crippen LogP contribution >= 0.6 is 15.9 Å². The number of alkyl halides is 2. The molecule has 2 fully saturated rings. The number of nitrogens with one attached hydrogen (secondary N) is 1. The van der Waals surface area contributed by atoms with E-state index < -0.39 is 23.8 Å². The van der Waals surface area contributed by atoms with Crippen LogP contribution in [0.3, 0.4) is 0 Å². The third-order valence-corrected chi connectivity index (χ3v) is 6.98. The summed E-state index contributed by atoms with van der Waals surface area (Å²) in [4.78, 5) is 21.3. The lowest BCUT2D eigenvalue weighted by Crippen LogP contribution is -2.21. The van der Waals surface area contributed by atoms with Crippen molar-refractivity contribution < 1.29 is 13.2 Å². The number of hydrogen-bond donors (Lipinski definition) is 1. The Kier molecular flexibility index (Phi) is 4.43. The van der Waals surface area contributed by atoms with E-state index >= 15 is 0 Å². The SMILES string of the molecule is C[C@@H](Nc1ncnc2c(Br)c(=O)n([C@H]3CC34CC4)cc12)c1cccc(C(F)F)c1F. The molecule has 2 aromatic heterocycles. The maximum atomic E-state index is 14.6. The van der Waals surface area contributed by atoms with Crippen molar-refractivity contribution in [3.8, 4) is 0 Å². The number of fused-ring (bicyclic) bond motifs is 1. The first-order chi connectivity index (χ1) is 14.3. The van der Waals surface area contributed by atoms with Gasteiger partial charge in [-0.2, -0.15) is 0 Å². The zero-order valence-electron chi connectivity index (χ0n) is 16.0. The molecule has 156 valence electrons. The molecule has 5 rings (SSSR count). The van der Waals surface area contributed by atoms with Crippen LogP contribution in [0.15, 0.2) is 40.0 Å². The highest BCUT2D eigenvalue weighted by Crippen LogP contribution is 2.72. The Morgan fingerprint density at radius 1 is 1.27 bits per heavy atom. The molecule has 30 heavy (non-hydrogen) atoms. The molecule has 3 aromatic rings. The van der Waals surface area contributed by atoms with Crippen LogP contribution in [0.1, 0.15) is 55.8 Å². The fourth-order valence-electron chi connectivity index (χ4n) is 4.22. The minimum absolute atomic E-state index is 0.117. The smallest absolute Gasteiger partial charge is 0.267 e. The second-order valence-corrected chi connectivity index (χ2v) is 8.93. The molecule has 2 aliphatic carbocycles. The van der Waals surface area contributed by atoms with E-state index in [1.54, 1.807) is 17.7 Å². The van der Waals surface area contributed by atoms with Gasteiger partial charge in [-0.25, -0.2) is 23.1 Å². The molecule has 2 heterocycles. The molecule has 0 saturated heterocycles. The third kappa shape index (κ3) is 3.02. The summed E-state index contributed by atoms with van der Waals surface area (Å²) >= 11 is 3.37. The van der Waals surface area contributed by atoms with E-state index in [9.17, 15) is 18.0 Å². The molecular formula is C21H18BrF3N4O. The average molecular weight is 479 g/mol. The minimum Gasteiger partial charge on any atom is -0.363 e. The Bertz CT molecular complexity index is 1220. The summed E-state index contributed by atoms with van der Waals surface area (Å²) < 4.78 is 42.8. The van der Waals surface area contributed by atoms with Crippen LogP contribution in [0.4, 0.5) is 19.0 Å². The topological polar surface area (TPSA) is 59.8 Å². The zero-order valence-corrected chi connectivity index (χ0v) is 17.6. The van der Waals surface area contributed by atoms with Gasteiger partial charge >= 0.3 is 0 Å². The summed E-state index contributed by atoms with van der Waals surface area (Å²) in [6.07, 6.45) is 3.43. The first-order valence-corrected chi connectivity index (χ1v) is 10.5. The fraction of sp³-hybridized carbons (Fsp3) is 0.381. The number of aromatic nitrogens is 3. The number of halogens is 4. The monoisotopic (exact) mass is 478 g/mol. The number of rotatable bonds is 5. The van der Waals surface area contributed by atoms with Gasteiger partial charge in [0.25, 0.3) is 12.0 Å². The fourth-order valence-corrected chi connectivity index (χ4v) is 4.74. The molecule has 9 heteroatoms. The molecular weight excluding hydrogens is 461 g/mol. The summed E-state index contributed by atoms with van der Waals surface area (Å²) in [5.41, 5.74) is 0.0736. The quantitative estimate of drug-likeness (QED) is 0.523. The van der Waals surface area contributed by atoms with E-state index in [1.165, 1.54) is 18.5 Å². The number of benzene rings is 1. The molecule has 1 spiro atoms. The maximum absolute atomic E-state index is 14.6. The lowest BCUT2D eigenvalue weighted by atomic mass is 10.0. The van der Waals surface area contributed by atoms with Crippen LogP contribution in [-0.4, -0.2) is 14.5 Å². The third-order valence-electron chi connectivity index (χ3n) is 6.27. The average Bonchev–Trinajstić information content (AvgIpc) is 3.64. The predicted molar refractivity (Wildman–Crippen MR) is 110 cm³/mol. The molecule has 0 unspecified atom stereocenters. The molecule has 5 nitrogen and oxygen atoms in total. The second kappa shape index (κ2) is 6.80. The van der Waals surface area contributed by atoms with Gasteiger partial charge in [-0.3, -0.25) is 4.79 Å². The van der Waals surface area contributed by atoms with Crippen LogP contribution in [0, 0.1) is 11.2 Å². The molecule has 2 atom stereocenters. The largest absolute Gasteiger partial charge is 0.363 e. The molecule has 0 amide bonds. The normalized spacial score (nSPS) is 20.0. The highest BCUT2D eigenvalue weighted by atomic mass is 79.9. The lowest BCUT2D eigenvalue weighted by Gasteiger charge is -2.19. The van der Waals surface area contributed by atoms with Gasteiger partial charge in [0, 0.05) is 17.8 Å². The van der Waals surface area contributed by atoms with Crippen molar-refractivity contribution in [1.29, 1.82) is 0 Å². The van der Waals surface area contributed by atoms with Crippen molar-refractivity contribution in [3.05, 3.63) is 62.5 Å². The number of pyridine rings is 1. The molecule has 1 aromatic carbocycles. The lowest BCUT2D eigenvalue weighted by molar-refractivity contribution is 0.146. The molecule has 0 radical (unpaired) electrons. The minimum atomic E-state index is -2.89. The van der Waals surface area contributed by atoms with E-state index in [2.05, 4.69) is 31.2 Å². The Morgan fingerprint density at radius 2 is 2.00 bits per heavy atom. The number of hydrogen-bond acceptors (Lipinski definition) is 4. The van der Waals surface area contributed by atoms with E-state index in [0.717, 1.165) is 25.3 Å². The summed E-state index contributed by atoms with van der Waals surface area (Å²) in [6.45, 7) is 1.67. The summed E-state index contributed by atoms with van der Waals surface area (Å²) in [7, 11) is 0. The maximum Gasteiger partial charge on any atom is 0.267 e. The van der Waals surface area contributed by atoms with E-state index in [4.69, 9.17) is 0 Å². The molecule has 0 aliphatic heterocycles. The van der Waals surface area contributed by atoms with E-state index in [-0.39, 0.29) is 22.6 Å². The van der Waals surface area contributed by atoms with Crippen molar-refractivity contribution in [2.75, 3.05) is 5.32 Å². The van der Waals surface area contributed by atoms with Crippen LogP contribution in [-0.2, 0) is 0 Å². The molecule has 2 aliphatic rings. The molecule has 0 bridgehead atoms. The van der Waals surface area contributed by atoms with Gasteiger partial charge in [0.2, 0.25) is 0 Å². The van der Waals surface area contributed by atoms with Crippen LogP contribution in [0.2, 0.25) is 0 Å². The summed E-state index contributed by atoms with van der Waals surface area (Å²) in [6, 6.07) is 3.50. The summed E-state index contributed by atoms with van der Waals surface area (Å²) in [5.74, 6) is -0.521. The molecule has 1 N–H and O–H groups in total. The van der Waals surface area contributed by atoms with Gasteiger partial charge in [0.15, 0.2) is 0 Å². The van der Waals surface area contributed by atoms with Gasteiger partial charge in [0.05, 0.1) is 22.5 Å². The zero-order chi connectivity index (χ0) is 21.2. The highest BCUT2D eigenvalue weighted by molar-refractivity contribution is 9.10. The van der Waals surface area contributed by atoms with Crippen molar-refractivity contribution in [2.24, 2.45) is 5.41 Å². The standard InChI is InChI=1S/C21H18BrF3N4O/c1-10(11-3-2-4-12(16(11)23)18(24)25)28-19-13-8-29(14-7-21(14)5-6-21)20(30)15(22)17(13)26-9-27-19/h2-4,8-10,14,18H,5-7H2,1H3,(H,26,27,28)/t10-,14+/m1/s1. The highest BCUT2D eigenvalue weighted by Gasteiger charge is 2.64. The van der Waals surface area contributed by atoms with Crippen molar-refractivity contribution in [1.82, 2.24) is 14.5 Å². The Hall–Kier alpha value is -2.42. The number of anilines is 1. The first-order valence-electron chi connectivity index (χ1n) is 9.71. The van der Waals surface area contributed by atoms with Crippen molar-refractivity contribution >= 4 is 32.7 Å². The second-order valence-electron chi connectivity index (χ2n) is 8.14. The van der Waals surface area contributed by atoms with Crippen LogP contribution in [0.5, 0.6) is 0 Å². The van der Waals surface area contributed by atoms with Crippen LogP contribution in [0.25, 0.3) is 10.9 Å². The van der Waals surface area contributed by atoms with E-state index in [1.807, 2.05) is 0 Å². The van der Waals surface area contributed by atoms with Gasteiger partial charge < -0.3 is 9.88 Å². The van der Waals surface area contributed by atoms with Gasteiger partial charge in [-0.1, -0.05) is 18.2 Å². The Morgan fingerprint density at radius 3 is 2.67 bits per heavy atom. The Balaban J connectivity index is 1.55. The van der Waals surface area contributed by atoms with Crippen LogP contribution < -0.4 is 10.9 Å². The van der Waals surface area contributed by atoms with Crippen molar-refractivity contribution in [2.45, 2.75) is 44.7 Å². The number of nitrogens with zero attached hydrogens (tertiary/aromatic N) is 3.